The molecular weight excluding hydrogens is 263 g/mol. The summed E-state index contributed by atoms with van der Waals surface area (Å²) in [6.45, 7) is 2.91. The molecule has 1 N–H and O–H groups in total. The third-order valence-corrected chi connectivity index (χ3v) is 3.72. The Bertz CT molecular complexity index is 493. The molecule has 6 heteroatoms. The Balaban J connectivity index is 2.16. The summed E-state index contributed by atoms with van der Waals surface area (Å²) in [4.78, 5) is 12.6. The van der Waals surface area contributed by atoms with Crippen LogP contribution < -0.4 is 0 Å². The molecule has 0 bridgehead atoms. The lowest BCUT2D eigenvalue weighted by Crippen LogP contribution is -2.31. The lowest BCUT2D eigenvalue weighted by Gasteiger charge is -2.25. The summed E-state index contributed by atoms with van der Waals surface area (Å²) >= 11 is 0. The molecule has 1 aliphatic rings. The molecule has 5 nitrogen and oxygen atoms in total. The van der Waals surface area contributed by atoms with Crippen molar-refractivity contribution in [3.63, 3.8) is 0 Å². The fraction of sp³-hybridized carbons (Fsp3) is 0.571. The first-order valence-electron chi connectivity index (χ1n) is 6.82. The summed E-state index contributed by atoms with van der Waals surface area (Å²) in [7, 11) is 0. The topological polar surface area (TPSA) is 66.6 Å². The minimum atomic E-state index is -0.478. The van der Waals surface area contributed by atoms with Gasteiger partial charge in [0.05, 0.1) is 11.0 Å². The molecule has 0 aromatic heterocycles. The SMILES string of the molecule is CC(O)CC1CCCN1Cc1cc(F)ccc1[N+](=O)[O-]. The van der Waals surface area contributed by atoms with Gasteiger partial charge in [0, 0.05) is 24.2 Å². The van der Waals surface area contributed by atoms with E-state index < -0.39 is 16.8 Å². The van der Waals surface area contributed by atoms with Gasteiger partial charge in [0.1, 0.15) is 5.82 Å². The second-order valence-corrected chi connectivity index (χ2v) is 5.38. The van der Waals surface area contributed by atoms with Crippen molar-refractivity contribution in [3.8, 4) is 0 Å². The highest BCUT2D eigenvalue weighted by Crippen LogP contribution is 2.27. The minimum absolute atomic E-state index is 0.0471. The van der Waals surface area contributed by atoms with Crippen LogP contribution in [0.2, 0.25) is 0 Å². The molecule has 1 fully saturated rings. The van der Waals surface area contributed by atoms with Crippen LogP contribution in [0.25, 0.3) is 0 Å². The first-order chi connectivity index (χ1) is 9.47. The molecule has 0 amide bonds. The standard InChI is InChI=1S/C14H19FN2O3/c1-10(18)7-13-3-2-6-16(13)9-11-8-12(15)4-5-14(11)17(19)20/h4-5,8,10,13,18H,2-3,6-7,9H2,1H3. The predicted octanol–water partition coefficient (Wildman–Crippen LogP) is 2.47. The van der Waals surface area contributed by atoms with Crippen LogP contribution in [0.4, 0.5) is 10.1 Å². The lowest BCUT2D eigenvalue weighted by atomic mass is 10.1. The zero-order chi connectivity index (χ0) is 14.7. The number of hydrogen-bond acceptors (Lipinski definition) is 4. The van der Waals surface area contributed by atoms with Gasteiger partial charge in [-0.3, -0.25) is 15.0 Å². The average molecular weight is 282 g/mol. The van der Waals surface area contributed by atoms with Crippen molar-refractivity contribution in [2.24, 2.45) is 0 Å². The Morgan fingerprint density at radius 1 is 1.60 bits per heavy atom. The molecule has 0 saturated carbocycles. The highest BCUT2D eigenvalue weighted by molar-refractivity contribution is 5.40. The van der Waals surface area contributed by atoms with Crippen LogP contribution in [0, 0.1) is 15.9 Å². The van der Waals surface area contributed by atoms with Gasteiger partial charge < -0.3 is 5.11 Å². The summed E-state index contributed by atoms with van der Waals surface area (Å²) in [6.07, 6.45) is 2.21. The number of likely N-dealkylation sites (tertiary alicyclic amines) is 1. The quantitative estimate of drug-likeness (QED) is 0.665. The molecule has 110 valence electrons. The van der Waals surface area contributed by atoms with Crippen LogP contribution in [0.15, 0.2) is 18.2 Å². The monoisotopic (exact) mass is 282 g/mol. The Morgan fingerprint density at radius 2 is 2.35 bits per heavy atom. The van der Waals surface area contributed by atoms with E-state index in [0.29, 0.717) is 18.5 Å². The van der Waals surface area contributed by atoms with E-state index in [1.807, 2.05) is 0 Å². The zero-order valence-electron chi connectivity index (χ0n) is 11.5. The predicted molar refractivity (Wildman–Crippen MR) is 72.8 cm³/mol. The van der Waals surface area contributed by atoms with Crippen molar-refractivity contribution < 1.29 is 14.4 Å². The summed E-state index contributed by atoms with van der Waals surface area (Å²) in [5.41, 5.74) is 0.349. The third kappa shape index (κ3) is 3.52. The van der Waals surface area contributed by atoms with E-state index in [1.165, 1.54) is 12.1 Å². The molecular formula is C14H19FN2O3. The summed E-state index contributed by atoms with van der Waals surface area (Å²) in [6, 6.07) is 3.76. The molecule has 1 aliphatic heterocycles. The van der Waals surface area contributed by atoms with Gasteiger partial charge >= 0.3 is 0 Å². The van der Waals surface area contributed by atoms with Crippen LogP contribution in [0.5, 0.6) is 0 Å². The minimum Gasteiger partial charge on any atom is -0.393 e. The van der Waals surface area contributed by atoms with Crippen LogP contribution in [-0.2, 0) is 6.54 Å². The molecule has 20 heavy (non-hydrogen) atoms. The number of nitro groups is 1. The van der Waals surface area contributed by atoms with E-state index in [9.17, 15) is 19.6 Å². The smallest absolute Gasteiger partial charge is 0.274 e. The fourth-order valence-electron chi connectivity index (χ4n) is 2.84. The van der Waals surface area contributed by atoms with E-state index in [0.717, 1.165) is 25.5 Å². The molecule has 2 unspecified atom stereocenters. The van der Waals surface area contributed by atoms with Crippen LogP contribution in [0.3, 0.4) is 0 Å². The molecule has 1 aromatic carbocycles. The molecule has 2 rings (SSSR count). The largest absolute Gasteiger partial charge is 0.393 e. The molecule has 1 aromatic rings. The summed E-state index contributed by atoms with van der Waals surface area (Å²) in [5, 5.41) is 20.5. The van der Waals surface area contributed by atoms with Crippen molar-refractivity contribution in [1.82, 2.24) is 4.90 Å². The van der Waals surface area contributed by atoms with Crippen molar-refractivity contribution in [1.29, 1.82) is 0 Å². The number of nitro benzene ring substituents is 1. The molecule has 0 spiro atoms. The van der Waals surface area contributed by atoms with Gasteiger partial charge in [0.2, 0.25) is 0 Å². The van der Waals surface area contributed by atoms with Crippen molar-refractivity contribution in [2.75, 3.05) is 6.54 Å². The lowest BCUT2D eigenvalue weighted by molar-refractivity contribution is -0.385. The fourth-order valence-corrected chi connectivity index (χ4v) is 2.84. The summed E-state index contributed by atoms with van der Waals surface area (Å²) < 4.78 is 13.3. The Morgan fingerprint density at radius 3 is 3.00 bits per heavy atom. The molecule has 0 radical (unpaired) electrons. The van der Waals surface area contributed by atoms with Gasteiger partial charge in [-0.05, 0) is 44.9 Å². The van der Waals surface area contributed by atoms with Gasteiger partial charge in [-0.1, -0.05) is 0 Å². The maximum Gasteiger partial charge on any atom is 0.274 e. The Labute approximate surface area is 117 Å². The maximum absolute atomic E-state index is 13.3. The average Bonchev–Trinajstić information content (AvgIpc) is 2.75. The molecule has 1 saturated heterocycles. The summed E-state index contributed by atoms with van der Waals surface area (Å²) in [5.74, 6) is -0.461. The first kappa shape index (κ1) is 14.9. The van der Waals surface area contributed by atoms with Gasteiger partial charge in [-0.25, -0.2) is 4.39 Å². The normalized spacial score (nSPS) is 21.1. The zero-order valence-corrected chi connectivity index (χ0v) is 11.5. The van der Waals surface area contributed by atoms with Gasteiger partial charge in [0.15, 0.2) is 0 Å². The van der Waals surface area contributed by atoms with Gasteiger partial charge in [0.25, 0.3) is 5.69 Å². The van der Waals surface area contributed by atoms with Gasteiger partial charge in [-0.2, -0.15) is 0 Å². The molecule has 0 aliphatic carbocycles. The molecule has 2 atom stereocenters. The van der Waals surface area contributed by atoms with Crippen LogP contribution >= 0.6 is 0 Å². The number of benzene rings is 1. The van der Waals surface area contributed by atoms with Crippen molar-refractivity contribution >= 4 is 5.69 Å². The van der Waals surface area contributed by atoms with Crippen LogP contribution in [0.1, 0.15) is 31.7 Å². The van der Waals surface area contributed by atoms with Crippen molar-refractivity contribution in [2.45, 2.75) is 44.9 Å². The maximum atomic E-state index is 13.3. The van der Waals surface area contributed by atoms with Crippen LogP contribution in [-0.4, -0.2) is 33.6 Å². The molecule has 1 heterocycles. The number of hydrogen-bond donors (Lipinski definition) is 1. The van der Waals surface area contributed by atoms with Crippen molar-refractivity contribution in [3.05, 3.63) is 39.7 Å². The van der Waals surface area contributed by atoms with E-state index in [-0.39, 0.29) is 11.7 Å². The van der Waals surface area contributed by atoms with E-state index in [2.05, 4.69) is 4.90 Å². The van der Waals surface area contributed by atoms with Gasteiger partial charge in [-0.15, -0.1) is 0 Å². The van der Waals surface area contributed by atoms with E-state index in [1.54, 1.807) is 6.92 Å². The van der Waals surface area contributed by atoms with E-state index in [4.69, 9.17) is 0 Å². The Hall–Kier alpha value is -1.53. The first-order valence-corrected chi connectivity index (χ1v) is 6.82. The number of nitrogens with zero attached hydrogens (tertiary/aromatic N) is 2. The highest BCUT2D eigenvalue weighted by atomic mass is 19.1. The second kappa shape index (κ2) is 6.28. The third-order valence-electron chi connectivity index (χ3n) is 3.72. The Kier molecular flexibility index (Phi) is 4.67. The number of aliphatic hydroxyl groups excluding tert-OH is 1. The number of rotatable bonds is 5. The second-order valence-electron chi connectivity index (χ2n) is 5.38. The highest BCUT2D eigenvalue weighted by Gasteiger charge is 2.27. The number of halogens is 1. The van der Waals surface area contributed by atoms with E-state index >= 15 is 0 Å². The number of aliphatic hydroxyl groups is 1.